The number of benzene rings is 2. The first-order chi connectivity index (χ1) is 16.6. The van der Waals surface area contributed by atoms with Gasteiger partial charge in [0, 0.05) is 29.3 Å². The van der Waals surface area contributed by atoms with E-state index in [1.807, 2.05) is 42.5 Å². The van der Waals surface area contributed by atoms with E-state index in [-0.39, 0.29) is 34.8 Å². The van der Waals surface area contributed by atoms with Crippen LogP contribution in [0.3, 0.4) is 0 Å². The number of hydrogen-bond acceptors (Lipinski definition) is 4. The SMILES string of the molecule is COC(=O)C[C@@]12CCCN3CC[C@@]4(c5ccccc5N(C(=O)C=Cc5ccccc5)[C@H]4CC1)[C@@H]32. The molecule has 3 aliphatic heterocycles. The van der Waals surface area contributed by atoms with Gasteiger partial charge in [0.2, 0.25) is 0 Å². The van der Waals surface area contributed by atoms with Crippen LogP contribution in [0.25, 0.3) is 6.08 Å². The molecular formula is C29H32N2O3. The molecule has 2 aromatic rings. The number of ether oxygens (including phenoxy) is 1. The Morgan fingerprint density at radius 3 is 2.65 bits per heavy atom. The van der Waals surface area contributed by atoms with Crippen LogP contribution in [0.1, 0.15) is 49.7 Å². The van der Waals surface area contributed by atoms with Crippen LogP contribution in [0.4, 0.5) is 5.69 Å². The Morgan fingerprint density at radius 1 is 1.03 bits per heavy atom. The van der Waals surface area contributed by atoms with Crippen molar-refractivity contribution in [2.75, 3.05) is 25.1 Å². The molecule has 4 atom stereocenters. The van der Waals surface area contributed by atoms with Crippen molar-refractivity contribution in [3.63, 3.8) is 0 Å². The molecule has 6 rings (SSSR count). The van der Waals surface area contributed by atoms with Gasteiger partial charge in [0.25, 0.3) is 5.91 Å². The van der Waals surface area contributed by atoms with E-state index in [0.717, 1.165) is 56.4 Å². The molecule has 4 aliphatic rings. The van der Waals surface area contributed by atoms with Crippen LogP contribution in [0, 0.1) is 5.41 Å². The lowest BCUT2D eigenvalue weighted by Gasteiger charge is -2.58. The molecule has 34 heavy (non-hydrogen) atoms. The molecule has 0 aromatic heterocycles. The number of nitrogens with zero attached hydrogens (tertiary/aromatic N) is 2. The van der Waals surface area contributed by atoms with Gasteiger partial charge < -0.3 is 9.64 Å². The second-order valence-corrected chi connectivity index (χ2v) is 10.5. The first kappa shape index (κ1) is 21.6. The molecule has 1 amide bonds. The van der Waals surface area contributed by atoms with Crippen LogP contribution in [-0.2, 0) is 19.7 Å². The lowest BCUT2D eigenvalue weighted by atomic mass is 9.52. The Balaban J connectivity index is 1.43. The van der Waals surface area contributed by atoms with Crippen molar-refractivity contribution in [1.82, 2.24) is 4.90 Å². The van der Waals surface area contributed by atoms with Crippen LogP contribution in [0.15, 0.2) is 60.7 Å². The molecule has 1 spiro atoms. The first-order valence-corrected chi connectivity index (χ1v) is 12.6. The molecule has 1 saturated carbocycles. The Labute approximate surface area is 201 Å². The lowest BCUT2D eigenvalue weighted by molar-refractivity contribution is -0.148. The summed E-state index contributed by atoms with van der Waals surface area (Å²) in [5.41, 5.74) is 3.17. The molecule has 0 bridgehead atoms. The normalized spacial score (nSPS) is 31.7. The standard InChI is InChI=1S/C29H32N2O3/c1-34-26(33)20-28-15-7-18-30-19-17-29(27(28)30)22-10-5-6-11-23(22)31(24(29)14-16-28)25(32)13-12-21-8-3-2-4-9-21/h2-6,8-13,24,27H,7,14-20H2,1H3/t24-,27-,28+,29-/m0/s1. The molecule has 5 nitrogen and oxygen atoms in total. The van der Waals surface area contributed by atoms with Gasteiger partial charge in [-0.2, -0.15) is 0 Å². The predicted molar refractivity (Wildman–Crippen MR) is 132 cm³/mol. The van der Waals surface area contributed by atoms with Gasteiger partial charge in [-0.1, -0.05) is 48.5 Å². The van der Waals surface area contributed by atoms with Crippen LogP contribution in [0.5, 0.6) is 0 Å². The number of carbonyl (C=O) groups is 2. The van der Waals surface area contributed by atoms with E-state index in [0.29, 0.717) is 6.42 Å². The van der Waals surface area contributed by atoms with Gasteiger partial charge in [-0.05, 0) is 73.9 Å². The van der Waals surface area contributed by atoms with E-state index in [9.17, 15) is 9.59 Å². The summed E-state index contributed by atoms with van der Waals surface area (Å²) in [6, 6.07) is 18.9. The van der Waals surface area contributed by atoms with Crippen LogP contribution >= 0.6 is 0 Å². The molecule has 0 unspecified atom stereocenters. The van der Waals surface area contributed by atoms with Gasteiger partial charge in [0.15, 0.2) is 0 Å². The number of hydrogen-bond donors (Lipinski definition) is 0. The van der Waals surface area contributed by atoms with Crippen LogP contribution in [0.2, 0.25) is 0 Å². The fraction of sp³-hybridized carbons (Fsp3) is 0.448. The maximum Gasteiger partial charge on any atom is 0.306 e. The van der Waals surface area contributed by atoms with E-state index in [1.165, 1.54) is 12.7 Å². The minimum atomic E-state index is -0.125. The monoisotopic (exact) mass is 456 g/mol. The number of amides is 1. The maximum absolute atomic E-state index is 13.7. The van der Waals surface area contributed by atoms with Crippen LogP contribution < -0.4 is 4.90 Å². The van der Waals surface area contributed by atoms with Gasteiger partial charge in [0.1, 0.15) is 0 Å². The minimum Gasteiger partial charge on any atom is -0.469 e. The number of methoxy groups -OCH3 is 1. The highest BCUT2D eigenvalue weighted by atomic mass is 16.5. The summed E-state index contributed by atoms with van der Waals surface area (Å²) in [7, 11) is 1.50. The Kier molecular flexibility index (Phi) is 5.14. The zero-order valence-corrected chi connectivity index (χ0v) is 19.8. The van der Waals surface area contributed by atoms with Gasteiger partial charge in [-0.3, -0.25) is 14.5 Å². The average Bonchev–Trinajstić information content (AvgIpc) is 3.41. The average molecular weight is 457 g/mol. The van der Waals surface area contributed by atoms with E-state index < -0.39 is 0 Å². The molecular weight excluding hydrogens is 424 g/mol. The van der Waals surface area contributed by atoms with Gasteiger partial charge in [0.05, 0.1) is 13.5 Å². The number of anilines is 1. The summed E-state index contributed by atoms with van der Waals surface area (Å²) >= 11 is 0. The van der Waals surface area contributed by atoms with Gasteiger partial charge in [-0.15, -0.1) is 0 Å². The fourth-order valence-electron chi connectivity index (χ4n) is 7.94. The number of esters is 1. The highest BCUT2D eigenvalue weighted by molar-refractivity contribution is 6.06. The van der Waals surface area contributed by atoms with Crippen molar-refractivity contribution < 1.29 is 14.3 Å². The maximum atomic E-state index is 13.7. The summed E-state index contributed by atoms with van der Waals surface area (Å²) in [4.78, 5) is 31.0. The molecule has 1 aliphatic carbocycles. The van der Waals surface area contributed by atoms with Crippen molar-refractivity contribution in [1.29, 1.82) is 0 Å². The molecule has 2 aromatic carbocycles. The summed E-state index contributed by atoms with van der Waals surface area (Å²) in [5.74, 6) is -0.0553. The second-order valence-electron chi connectivity index (χ2n) is 10.5. The molecule has 3 fully saturated rings. The van der Waals surface area contributed by atoms with E-state index in [2.05, 4.69) is 28.0 Å². The number of carbonyl (C=O) groups excluding carboxylic acids is 2. The Hall–Kier alpha value is -2.92. The topological polar surface area (TPSA) is 49.9 Å². The second kappa shape index (κ2) is 8.09. The van der Waals surface area contributed by atoms with Crippen molar-refractivity contribution in [3.05, 3.63) is 71.8 Å². The largest absolute Gasteiger partial charge is 0.469 e. The third-order valence-electron chi connectivity index (χ3n) is 9.03. The lowest BCUT2D eigenvalue weighted by Crippen LogP contribution is -2.65. The molecule has 176 valence electrons. The molecule has 3 heterocycles. The molecule has 2 saturated heterocycles. The van der Waals surface area contributed by atoms with Crippen molar-refractivity contribution in [3.8, 4) is 0 Å². The first-order valence-electron chi connectivity index (χ1n) is 12.6. The molecule has 0 N–H and O–H groups in total. The van der Waals surface area contributed by atoms with Crippen molar-refractivity contribution >= 4 is 23.6 Å². The van der Waals surface area contributed by atoms with Gasteiger partial charge >= 0.3 is 5.97 Å². The van der Waals surface area contributed by atoms with Crippen molar-refractivity contribution in [2.45, 2.75) is 56.0 Å². The van der Waals surface area contributed by atoms with E-state index in [1.54, 1.807) is 6.08 Å². The number of rotatable bonds is 4. The van der Waals surface area contributed by atoms with Gasteiger partial charge in [-0.25, -0.2) is 0 Å². The highest BCUT2D eigenvalue weighted by Gasteiger charge is 2.69. The summed E-state index contributed by atoms with van der Waals surface area (Å²) in [6.07, 6.45) is 9.21. The van der Waals surface area contributed by atoms with E-state index in [4.69, 9.17) is 4.74 Å². The fourth-order valence-corrected chi connectivity index (χ4v) is 7.94. The van der Waals surface area contributed by atoms with E-state index >= 15 is 0 Å². The number of piperidine rings is 1. The zero-order chi connectivity index (χ0) is 23.3. The number of fused-ring (bicyclic) bond motifs is 1. The third-order valence-corrected chi connectivity index (χ3v) is 9.03. The minimum absolute atomic E-state index is 0.0490. The number of para-hydroxylation sites is 1. The Bertz CT molecular complexity index is 1150. The Morgan fingerprint density at radius 2 is 1.82 bits per heavy atom. The van der Waals surface area contributed by atoms with Crippen molar-refractivity contribution in [2.24, 2.45) is 5.41 Å². The quantitative estimate of drug-likeness (QED) is 0.500. The molecule has 0 radical (unpaired) electrons. The summed E-state index contributed by atoms with van der Waals surface area (Å²) < 4.78 is 5.17. The smallest absolute Gasteiger partial charge is 0.306 e. The summed E-state index contributed by atoms with van der Waals surface area (Å²) in [6.45, 7) is 2.10. The zero-order valence-electron chi connectivity index (χ0n) is 19.8. The molecule has 5 heteroatoms. The summed E-state index contributed by atoms with van der Waals surface area (Å²) in [5, 5.41) is 0. The van der Waals surface area contributed by atoms with Crippen LogP contribution in [-0.4, -0.2) is 49.1 Å². The predicted octanol–water partition coefficient (Wildman–Crippen LogP) is 4.56. The highest BCUT2D eigenvalue weighted by Crippen LogP contribution is 2.65. The third kappa shape index (κ3) is 3.02.